The number of fused-ring (bicyclic) bond motifs is 1. The number of ether oxygens (including phenoxy) is 1. The molecular weight excluding hydrogens is 560 g/mol. The summed E-state index contributed by atoms with van der Waals surface area (Å²) >= 11 is 0. The molecule has 1 N–H and O–H groups in total. The average Bonchev–Trinajstić information content (AvgIpc) is 3.66. The molecule has 1 aromatic heterocycles. The molecule has 0 saturated carbocycles. The van der Waals surface area contributed by atoms with Crippen LogP contribution >= 0.6 is 8.53 Å². The van der Waals surface area contributed by atoms with E-state index in [-0.39, 0.29) is 18.1 Å². The van der Waals surface area contributed by atoms with Gasteiger partial charge in [-0.2, -0.15) is 0 Å². The van der Waals surface area contributed by atoms with Crippen molar-refractivity contribution >= 4 is 27.0 Å². The van der Waals surface area contributed by atoms with Crippen LogP contribution in [-0.2, 0) is 13.8 Å². The van der Waals surface area contributed by atoms with Gasteiger partial charge in [0.2, 0.25) is 0 Å². The number of rotatable bonds is 8. The van der Waals surface area contributed by atoms with Crippen molar-refractivity contribution in [3.05, 3.63) is 93.8 Å². The predicted octanol–water partition coefficient (Wildman–Crippen LogP) is 3.80. The molecule has 3 aliphatic rings. The number of alkyl halides is 1. The number of halogens is 1. The largest absolute Gasteiger partial charge is 0.348 e. The lowest BCUT2D eigenvalue weighted by atomic mass is 10.0. The Bertz CT molecular complexity index is 1420. The lowest BCUT2D eigenvalue weighted by molar-refractivity contribution is -0.0449. The third-order valence-electron chi connectivity index (χ3n) is 8.77. The Morgan fingerprint density at radius 1 is 1.07 bits per heavy atom. The summed E-state index contributed by atoms with van der Waals surface area (Å²) in [6.07, 6.45) is -0.964. The molecule has 0 amide bonds. The van der Waals surface area contributed by atoms with Gasteiger partial charge in [0.15, 0.2) is 12.4 Å². The van der Waals surface area contributed by atoms with E-state index >= 15 is 4.39 Å². The zero-order valence-electron chi connectivity index (χ0n) is 23.6. The fourth-order valence-electron chi connectivity index (χ4n) is 6.54. The number of aromatic nitrogens is 2. The van der Waals surface area contributed by atoms with Gasteiger partial charge in [0, 0.05) is 24.8 Å². The number of nitrogens with one attached hydrogen (secondary N) is 1. The van der Waals surface area contributed by atoms with Gasteiger partial charge in [-0.25, -0.2) is 13.9 Å². The molecule has 218 valence electrons. The van der Waals surface area contributed by atoms with E-state index in [1.807, 2.05) is 13.8 Å². The van der Waals surface area contributed by atoms with Crippen LogP contribution in [0.4, 0.5) is 4.39 Å². The molecule has 3 aromatic rings. The molecule has 11 heteroatoms. The van der Waals surface area contributed by atoms with E-state index < -0.39 is 52.5 Å². The summed E-state index contributed by atoms with van der Waals surface area (Å²) in [7, 11) is -3.69. The molecule has 41 heavy (non-hydrogen) atoms. The van der Waals surface area contributed by atoms with Crippen molar-refractivity contribution in [1.82, 2.24) is 14.2 Å². The highest BCUT2D eigenvalue weighted by atomic mass is 31.2. The van der Waals surface area contributed by atoms with Gasteiger partial charge in [0.1, 0.15) is 14.2 Å². The van der Waals surface area contributed by atoms with Crippen molar-refractivity contribution in [3.8, 4) is 0 Å². The van der Waals surface area contributed by atoms with Gasteiger partial charge in [-0.15, -0.1) is 0 Å². The number of benzene rings is 2. The van der Waals surface area contributed by atoms with Crippen LogP contribution in [0.25, 0.3) is 0 Å². The van der Waals surface area contributed by atoms with Crippen LogP contribution in [0.1, 0.15) is 32.9 Å². The summed E-state index contributed by atoms with van der Waals surface area (Å²) < 4.78 is 38.9. The first-order chi connectivity index (χ1) is 19.8. The fourth-order valence-corrected chi connectivity index (χ4v) is 12.5. The summed E-state index contributed by atoms with van der Waals surface area (Å²) in [5, 5.41) is 2.72. The number of nitrogens with zero attached hydrogens (tertiary/aromatic N) is 2. The minimum atomic E-state index is -2.17. The first-order valence-electron chi connectivity index (χ1n) is 14.4. The minimum absolute atomic E-state index is 0.0313. The van der Waals surface area contributed by atoms with E-state index in [2.05, 4.69) is 76.9 Å². The maximum Gasteiger partial charge on any atom is 0.330 e. The van der Waals surface area contributed by atoms with Crippen LogP contribution in [0.3, 0.4) is 0 Å². The second-order valence-corrected chi connectivity index (χ2v) is 17.4. The zero-order valence-corrected chi connectivity index (χ0v) is 25.5. The second kappa shape index (κ2) is 11.7. The minimum Gasteiger partial charge on any atom is -0.348 e. The predicted molar refractivity (Wildman–Crippen MR) is 160 cm³/mol. The topological polar surface area (TPSA) is 85.8 Å². The average molecular weight is 598 g/mol. The molecular formula is C30H37FN3O5PSi. The molecule has 3 saturated heterocycles. The number of aromatic amines is 1. The van der Waals surface area contributed by atoms with Gasteiger partial charge in [-0.05, 0) is 24.8 Å². The summed E-state index contributed by atoms with van der Waals surface area (Å²) in [4.78, 5) is 26.2. The smallest absolute Gasteiger partial charge is 0.330 e. The fraction of sp³-hybridized carbons (Fsp3) is 0.467. The van der Waals surface area contributed by atoms with E-state index in [1.165, 1.54) is 22.6 Å². The highest BCUT2D eigenvalue weighted by molar-refractivity contribution is 7.45. The monoisotopic (exact) mass is 597 g/mol. The molecule has 3 fully saturated rings. The first-order valence-corrected chi connectivity index (χ1v) is 18.2. The van der Waals surface area contributed by atoms with Gasteiger partial charge in [0.05, 0.1) is 12.2 Å². The quantitative estimate of drug-likeness (QED) is 0.314. The van der Waals surface area contributed by atoms with Gasteiger partial charge in [0.25, 0.3) is 14.1 Å². The molecule has 7 atom stereocenters. The van der Waals surface area contributed by atoms with Gasteiger partial charge in [-0.3, -0.25) is 14.3 Å². The summed E-state index contributed by atoms with van der Waals surface area (Å²) in [6.45, 7) is 7.16. The Labute approximate surface area is 241 Å². The van der Waals surface area contributed by atoms with Crippen LogP contribution in [0, 0.1) is 5.92 Å². The Balaban J connectivity index is 1.26. The molecule has 0 spiro atoms. The first kappa shape index (κ1) is 28.6. The number of H-pyrrole nitrogens is 1. The lowest BCUT2D eigenvalue weighted by Crippen LogP contribution is -2.58. The Kier molecular flexibility index (Phi) is 8.15. The molecule has 0 radical (unpaired) electrons. The maximum absolute atomic E-state index is 16.1. The second-order valence-electron chi connectivity index (χ2n) is 11.8. The zero-order chi connectivity index (χ0) is 28.7. The third kappa shape index (κ3) is 5.42. The maximum atomic E-state index is 16.1. The van der Waals surface area contributed by atoms with E-state index in [0.29, 0.717) is 0 Å². The van der Waals surface area contributed by atoms with Crippen molar-refractivity contribution in [2.24, 2.45) is 5.92 Å². The highest BCUT2D eigenvalue weighted by Gasteiger charge is 2.55. The standard InChI is InChI=1S/C30H37FN3O5PSi/c1-20(2)27-28(26(31)29(37-27)33-18-16-25(35)32-30(33)36)39-40-34-17-10-15-23(34)24(38-40)19-41(3,21-11-6-4-7-12-21)22-13-8-5-9-14-22/h4-9,11-14,16,18,20,23-24,26-29H,10,15,17,19H2,1-3H3,(H,32,35,36)/t23-,24+,26+,27-,28?,29-,40?/m1/s1. The van der Waals surface area contributed by atoms with Crippen molar-refractivity contribution in [2.75, 3.05) is 6.54 Å². The summed E-state index contributed by atoms with van der Waals surface area (Å²) in [5.41, 5.74) is -1.25. The van der Waals surface area contributed by atoms with Crippen LogP contribution in [-0.4, -0.2) is 59.4 Å². The van der Waals surface area contributed by atoms with Crippen molar-refractivity contribution in [3.63, 3.8) is 0 Å². The molecule has 0 bridgehead atoms. The van der Waals surface area contributed by atoms with Crippen LogP contribution in [0.15, 0.2) is 82.5 Å². The SMILES string of the molecule is CC(C)[C@H]1O[C@@H](n2ccc(=O)[nH]c2=O)[C@@H](F)C1OP1O[C@@H](C[Si](C)(c2ccccc2)c2ccccc2)[C@H]2CCCN21. The Hall–Kier alpha value is -2.46. The van der Waals surface area contributed by atoms with Crippen molar-refractivity contribution in [1.29, 1.82) is 0 Å². The Morgan fingerprint density at radius 2 is 1.73 bits per heavy atom. The van der Waals surface area contributed by atoms with E-state index in [9.17, 15) is 9.59 Å². The van der Waals surface area contributed by atoms with Crippen molar-refractivity contribution in [2.45, 2.75) is 76.0 Å². The Morgan fingerprint density at radius 3 is 2.34 bits per heavy atom. The lowest BCUT2D eigenvalue weighted by Gasteiger charge is -2.32. The van der Waals surface area contributed by atoms with Gasteiger partial charge >= 0.3 is 5.69 Å². The molecule has 8 nitrogen and oxygen atoms in total. The van der Waals surface area contributed by atoms with Crippen LogP contribution < -0.4 is 21.6 Å². The summed E-state index contributed by atoms with van der Waals surface area (Å²) in [5.74, 6) is -0.0589. The molecule has 2 aromatic carbocycles. The number of hydrogen-bond acceptors (Lipinski definition) is 6. The third-order valence-corrected chi connectivity index (χ3v) is 15.0. The van der Waals surface area contributed by atoms with Crippen LogP contribution in [0.2, 0.25) is 12.6 Å². The van der Waals surface area contributed by atoms with E-state index in [0.717, 1.165) is 30.0 Å². The molecule has 0 aliphatic carbocycles. The van der Waals surface area contributed by atoms with E-state index in [1.54, 1.807) is 0 Å². The molecule has 2 unspecified atom stereocenters. The molecule has 3 aliphatic heterocycles. The normalized spacial score (nSPS) is 30.2. The highest BCUT2D eigenvalue weighted by Crippen LogP contribution is 2.59. The summed E-state index contributed by atoms with van der Waals surface area (Å²) in [6, 6.07) is 23.8. The molecule has 6 rings (SSSR count). The van der Waals surface area contributed by atoms with Gasteiger partial charge in [-0.1, -0.05) is 91.4 Å². The number of hydrogen-bond donors (Lipinski definition) is 1. The van der Waals surface area contributed by atoms with Crippen LogP contribution in [0.5, 0.6) is 0 Å². The van der Waals surface area contributed by atoms with Crippen molar-refractivity contribution < 1.29 is 18.2 Å². The van der Waals surface area contributed by atoms with E-state index in [4.69, 9.17) is 13.8 Å². The van der Waals surface area contributed by atoms with Gasteiger partial charge < -0.3 is 13.8 Å². The molecule has 4 heterocycles.